The zero-order valence-corrected chi connectivity index (χ0v) is 9.19. The highest BCUT2D eigenvalue weighted by molar-refractivity contribution is 5.89. The van der Waals surface area contributed by atoms with Crippen LogP contribution in [0.15, 0.2) is 12.3 Å². The van der Waals surface area contributed by atoms with Gasteiger partial charge in [0.2, 0.25) is 0 Å². The molecule has 1 N–H and O–H groups in total. The minimum Gasteiger partial charge on any atom is -0.478 e. The lowest BCUT2D eigenvalue weighted by Crippen LogP contribution is -2.19. The summed E-state index contributed by atoms with van der Waals surface area (Å²) < 4.78 is 39.2. The van der Waals surface area contributed by atoms with Gasteiger partial charge in [0.1, 0.15) is 5.56 Å². The highest BCUT2D eigenvalue weighted by Gasteiger charge is 2.39. The Kier molecular flexibility index (Phi) is 2.72. The molecule has 0 fully saturated rings. The quantitative estimate of drug-likeness (QED) is 0.895. The standard InChI is InChI=1S/C10H8F3N3O2/c1-2-5-3-7-14-4-6(9(17)18)8(10(11,12)13)16(7)15-5/h3-4H,2H2,1H3,(H,17,18). The first-order valence-electron chi connectivity index (χ1n) is 5.02. The minimum atomic E-state index is -4.81. The Labute approximate surface area is 98.9 Å². The molecule has 0 aliphatic rings. The fourth-order valence-corrected chi connectivity index (χ4v) is 1.58. The van der Waals surface area contributed by atoms with E-state index in [9.17, 15) is 18.0 Å². The second-order valence-electron chi connectivity index (χ2n) is 3.58. The SMILES string of the molecule is CCc1cc2ncc(C(=O)O)c(C(F)(F)F)n2n1. The molecule has 0 radical (unpaired) electrons. The summed E-state index contributed by atoms with van der Waals surface area (Å²) in [4.78, 5) is 14.5. The van der Waals surface area contributed by atoms with Crippen LogP contribution >= 0.6 is 0 Å². The third kappa shape index (κ3) is 1.89. The molecule has 18 heavy (non-hydrogen) atoms. The summed E-state index contributed by atoms with van der Waals surface area (Å²) in [6.07, 6.45) is -3.68. The van der Waals surface area contributed by atoms with Crippen LogP contribution in [0.4, 0.5) is 13.2 Å². The van der Waals surface area contributed by atoms with Gasteiger partial charge in [0.15, 0.2) is 11.3 Å². The number of carboxylic acids is 1. The molecular formula is C10H8F3N3O2. The topological polar surface area (TPSA) is 67.5 Å². The summed E-state index contributed by atoms with van der Waals surface area (Å²) in [5.41, 5.74) is -1.85. The highest BCUT2D eigenvalue weighted by atomic mass is 19.4. The molecule has 0 aliphatic carbocycles. The van der Waals surface area contributed by atoms with Crippen molar-refractivity contribution in [3.63, 3.8) is 0 Å². The highest BCUT2D eigenvalue weighted by Crippen LogP contribution is 2.32. The summed E-state index contributed by atoms with van der Waals surface area (Å²) in [6.45, 7) is 1.73. The van der Waals surface area contributed by atoms with Crippen LogP contribution in [0.2, 0.25) is 0 Å². The number of carboxylic acid groups (broad SMARTS) is 1. The Hall–Kier alpha value is -2.12. The van der Waals surface area contributed by atoms with Crippen LogP contribution in [0, 0.1) is 0 Å². The van der Waals surface area contributed by atoms with Crippen molar-refractivity contribution < 1.29 is 23.1 Å². The molecule has 0 atom stereocenters. The summed E-state index contributed by atoms with van der Waals surface area (Å²) in [5, 5.41) is 12.5. The summed E-state index contributed by atoms with van der Waals surface area (Å²) in [6, 6.07) is 1.39. The molecule has 0 bridgehead atoms. The van der Waals surface area contributed by atoms with Crippen molar-refractivity contribution in [1.82, 2.24) is 14.6 Å². The summed E-state index contributed by atoms with van der Waals surface area (Å²) >= 11 is 0. The lowest BCUT2D eigenvalue weighted by atomic mass is 10.2. The molecule has 2 aromatic rings. The molecule has 2 rings (SSSR count). The first kappa shape index (κ1) is 12.3. The third-order valence-corrected chi connectivity index (χ3v) is 2.40. The second kappa shape index (κ2) is 3.97. The Balaban J connectivity index is 2.84. The zero-order chi connectivity index (χ0) is 13.5. The molecule has 0 saturated carbocycles. The van der Waals surface area contributed by atoms with Gasteiger partial charge in [-0.25, -0.2) is 14.3 Å². The van der Waals surface area contributed by atoms with Crippen molar-refractivity contribution >= 4 is 11.6 Å². The molecular weight excluding hydrogens is 251 g/mol. The smallest absolute Gasteiger partial charge is 0.434 e. The predicted octanol–water partition coefficient (Wildman–Crippen LogP) is 2.01. The largest absolute Gasteiger partial charge is 0.478 e. The van der Waals surface area contributed by atoms with Crippen LogP contribution in [0.5, 0.6) is 0 Å². The van der Waals surface area contributed by atoms with Crippen LogP contribution < -0.4 is 0 Å². The average molecular weight is 259 g/mol. The molecule has 8 heteroatoms. The molecule has 0 saturated heterocycles. The van der Waals surface area contributed by atoms with E-state index in [0.717, 1.165) is 0 Å². The molecule has 5 nitrogen and oxygen atoms in total. The number of carbonyl (C=O) groups is 1. The normalized spacial score (nSPS) is 12.0. The van der Waals surface area contributed by atoms with E-state index < -0.39 is 23.4 Å². The first-order valence-corrected chi connectivity index (χ1v) is 5.02. The lowest BCUT2D eigenvalue weighted by molar-refractivity contribution is -0.143. The maximum absolute atomic E-state index is 12.9. The monoisotopic (exact) mass is 259 g/mol. The van der Waals surface area contributed by atoms with Gasteiger partial charge in [-0.15, -0.1) is 0 Å². The number of halogens is 3. The van der Waals surface area contributed by atoms with E-state index in [1.54, 1.807) is 6.92 Å². The van der Waals surface area contributed by atoms with Crippen molar-refractivity contribution in [1.29, 1.82) is 0 Å². The first-order chi connectivity index (χ1) is 8.34. The van der Waals surface area contributed by atoms with E-state index in [1.807, 2.05) is 0 Å². The van der Waals surface area contributed by atoms with Gasteiger partial charge in [0, 0.05) is 12.3 Å². The minimum absolute atomic E-state index is 0.0239. The second-order valence-corrected chi connectivity index (χ2v) is 3.58. The number of hydrogen-bond donors (Lipinski definition) is 1. The number of alkyl halides is 3. The van der Waals surface area contributed by atoms with Gasteiger partial charge in [-0.3, -0.25) is 0 Å². The van der Waals surface area contributed by atoms with E-state index in [4.69, 9.17) is 5.11 Å². The number of hydrogen-bond acceptors (Lipinski definition) is 3. The van der Waals surface area contributed by atoms with Gasteiger partial charge < -0.3 is 5.11 Å². The van der Waals surface area contributed by atoms with E-state index in [-0.39, 0.29) is 5.65 Å². The number of fused-ring (bicyclic) bond motifs is 1. The van der Waals surface area contributed by atoms with Crippen LogP contribution in [0.3, 0.4) is 0 Å². The van der Waals surface area contributed by atoms with Gasteiger partial charge in [-0.05, 0) is 6.42 Å². The third-order valence-electron chi connectivity index (χ3n) is 2.40. The number of aromatic nitrogens is 3. The molecule has 0 amide bonds. The van der Waals surface area contributed by atoms with E-state index >= 15 is 0 Å². The lowest BCUT2D eigenvalue weighted by Gasteiger charge is -2.11. The van der Waals surface area contributed by atoms with Crippen molar-refractivity contribution in [3.8, 4) is 0 Å². The van der Waals surface area contributed by atoms with E-state index in [2.05, 4.69) is 10.1 Å². The Bertz CT molecular complexity index is 619. The van der Waals surface area contributed by atoms with Crippen molar-refractivity contribution in [2.45, 2.75) is 19.5 Å². The van der Waals surface area contributed by atoms with Crippen molar-refractivity contribution in [3.05, 3.63) is 29.2 Å². The van der Waals surface area contributed by atoms with Gasteiger partial charge in [0.25, 0.3) is 0 Å². The molecule has 0 unspecified atom stereocenters. The molecule has 2 heterocycles. The summed E-state index contributed by atoms with van der Waals surface area (Å²) in [7, 11) is 0. The maximum Gasteiger partial charge on any atom is 0.434 e. The van der Waals surface area contributed by atoms with Gasteiger partial charge >= 0.3 is 12.1 Å². The van der Waals surface area contributed by atoms with Crippen molar-refractivity contribution in [2.24, 2.45) is 0 Å². The molecule has 0 aliphatic heterocycles. The van der Waals surface area contributed by atoms with Crippen LogP contribution in [0.25, 0.3) is 5.65 Å². The van der Waals surface area contributed by atoms with Crippen LogP contribution in [-0.4, -0.2) is 25.7 Å². The Morgan fingerprint density at radius 1 is 1.50 bits per heavy atom. The maximum atomic E-state index is 12.9. The number of aromatic carboxylic acids is 1. The number of aryl methyl sites for hydroxylation is 1. The average Bonchev–Trinajstić information content (AvgIpc) is 2.68. The molecule has 2 aromatic heterocycles. The van der Waals surface area contributed by atoms with Crippen molar-refractivity contribution in [2.75, 3.05) is 0 Å². The Morgan fingerprint density at radius 3 is 2.67 bits per heavy atom. The van der Waals surface area contributed by atoms with Crippen LogP contribution in [0.1, 0.15) is 28.7 Å². The molecule has 0 spiro atoms. The van der Waals surface area contributed by atoms with Gasteiger partial charge in [-0.1, -0.05) is 6.92 Å². The zero-order valence-electron chi connectivity index (χ0n) is 9.19. The number of rotatable bonds is 2. The molecule has 0 aromatic carbocycles. The molecule has 96 valence electrons. The van der Waals surface area contributed by atoms with Gasteiger partial charge in [0.05, 0.1) is 5.69 Å². The fourth-order valence-electron chi connectivity index (χ4n) is 1.58. The number of nitrogens with zero attached hydrogens (tertiary/aromatic N) is 3. The predicted molar refractivity (Wildman–Crippen MR) is 54.3 cm³/mol. The van der Waals surface area contributed by atoms with Gasteiger partial charge in [-0.2, -0.15) is 18.3 Å². The van der Waals surface area contributed by atoms with Crippen LogP contribution in [-0.2, 0) is 12.6 Å². The fraction of sp³-hybridized carbons (Fsp3) is 0.300. The summed E-state index contributed by atoms with van der Waals surface area (Å²) in [5.74, 6) is -1.69. The Morgan fingerprint density at radius 2 is 2.17 bits per heavy atom. The van der Waals surface area contributed by atoms with E-state index in [1.165, 1.54) is 6.07 Å². The van der Waals surface area contributed by atoms with E-state index in [0.29, 0.717) is 22.8 Å².